The first-order chi connectivity index (χ1) is 8.98. The maximum atomic E-state index is 12.0. The summed E-state index contributed by atoms with van der Waals surface area (Å²) in [5, 5.41) is 11.9. The molecule has 1 saturated heterocycles. The largest absolute Gasteiger partial charge is 0.377 e. The summed E-state index contributed by atoms with van der Waals surface area (Å²) in [6.07, 6.45) is 0. The van der Waals surface area contributed by atoms with E-state index in [2.05, 4.69) is 30.4 Å². The first-order valence-electron chi connectivity index (χ1n) is 6.32. The second-order valence-electron chi connectivity index (χ2n) is 5.25. The molecule has 4 nitrogen and oxygen atoms in total. The topological polar surface area (TPSA) is 62.1 Å². The SMILES string of the molecule is Cc1cc(C)c(CNC(=O)C2(C#N)COC2)c(C)c1. The molecule has 1 heterocycles. The van der Waals surface area contributed by atoms with Gasteiger partial charge in [0.1, 0.15) is 0 Å². The molecule has 1 amide bonds. The number of hydrogen-bond donors (Lipinski definition) is 1. The van der Waals surface area contributed by atoms with Crippen LogP contribution in [-0.4, -0.2) is 19.1 Å². The number of nitrogens with one attached hydrogen (secondary N) is 1. The van der Waals surface area contributed by atoms with E-state index in [9.17, 15) is 4.79 Å². The van der Waals surface area contributed by atoms with Crippen molar-refractivity contribution in [2.24, 2.45) is 5.41 Å². The quantitative estimate of drug-likeness (QED) is 0.898. The van der Waals surface area contributed by atoms with E-state index in [1.807, 2.05) is 13.8 Å². The third-order valence-electron chi connectivity index (χ3n) is 3.61. The molecule has 2 rings (SSSR count). The minimum absolute atomic E-state index is 0.196. The van der Waals surface area contributed by atoms with E-state index in [4.69, 9.17) is 10.00 Å². The second-order valence-corrected chi connectivity index (χ2v) is 5.25. The smallest absolute Gasteiger partial charge is 0.245 e. The van der Waals surface area contributed by atoms with Crippen molar-refractivity contribution in [2.45, 2.75) is 27.3 Å². The zero-order valence-electron chi connectivity index (χ0n) is 11.5. The number of nitriles is 1. The van der Waals surface area contributed by atoms with Crippen molar-refractivity contribution in [3.8, 4) is 6.07 Å². The number of carbonyl (C=O) groups is 1. The highest BCUT2D eigenvalue weighted by Gasteiger charge is 2.46. The van der Waals surface area contributed by atoms with Crippen LogP contribution in [0.25, 0.3) is 0 Å². The van der Waals surface area contributed by atoms with Crippen molar-refractivity contribution in [1.82, 2.24) is 5.32 Å². The van der Waals surface area contributed by atoms with Gasteiger partial charge in [-0.15, -0.1) is 0 Å². The summed E-state index contributed by atoms with van der Waals surface area (Å²) in [7, 11) is 0. The Morgan fingerprint density at radius 1 is 1.37 bits per heavy atom. The number of hydrogen-bond acceptors (Lipinski definition) is 3. The minimum atomic E-state index is -0.980. The van der Waals surface area contributed by atoms with Crippen LogP contribution >= 0.6 is 0 Å². The third kappa shape index (κ3) is 2.47. The summed E-state index contributed by atoms with van der Waals surface area (Å²) < 4.78 is 4.98. The van der Waals surface area contributed by atoms with E-state index in [0.717, 1.165) is 16.7 Å². The molecule has 0 spiro atoms. The monoisotopic (exact) mass is 258 g/mol. The molecule has 0 aromatic heterocycles. The van der Waals surface area contributed by atoms with Gasteiger partial charge in [-0.25, -0.2) is 0 Å². The van der Waals surface area contributed by atoms with Crippen LogP contribution in [0, 0.1) is 37.5 Å². The van der Waals surface area contributed by atoms with Crippen molar-refractivity contribution in [2.75, 3.05) is 13.2 Å². The normalized spacial score (nSPS) is 16.3. The van der Waals surface area contributed by atoms with Crippen LogP contribution in [0.2, 0.25) is 0 Å². The van der Waals surface area contributed by atoms with E-state index in [-0.39, 0.29) is 19.1 Å². The first-order valence-corrected chi connectivity index (χ1v) is 6.32. The van der Waals surface area contributed by atoms with Gasteiger partial charge in [0.05, 0.1) is 19.3 Å². The van der Waals surface area contributed by atoms with Gasteiger partial charge in [-0.05, 0) is 37.5 Å². The zero-order chi connectivity index (χ0) is 14.0. The molecule has 4 heteroatoms. The summed E-state index contributed by atoms with van der Waals surface area (Å²) >= 11 is 0. The molecule has 0 unspecified atom stereocenters. The number of carbonyl (C=O) groups excluding carboxylic acids is 1. The second kappa shape index (κ2) is 5.02. The van der Waals surface area contributed by atoms with Crippen LogP contribution in [-0.2, 0) is 16.1 Å². The van der Waals surface area contributed by atoms with Gasteiger partial charge in [0.15, 0.2) is 5.41 Å². The van der Waals surface area contributed by atoms with Crippen LogP contribution in [0.4, 0.5) is 0 Å². The fraction of sp³-hybridized carbons (Fsp3) is 0.467. The molecule has 1 fully saturated rings. The van der Waals surface area contributed by atoms with Crippen molar-refractivity contribution in [3.05, 3.63) is 34.4 Å². The lowest BCUT2D eigenvalue weighted by atomic mass is 9.86. The fourth-order valence-electron chi connectivity index (χ4n) is 2.38. The first kappa shape index (κ1) is 13.6. The lowest BCUT2D eigenvalue weighted by Crippen LogP contribution is -2.53. The van der Waals surface area contributed by atoms with E-state index < -0.39 is 5.41 Å². The van der Waals surface area contributed by atoms with Gasteiger partial charge in [-0.2, -0.15) is 5.26 Å². The fourth-order valence-corrected chi connectivity index (χ4v) is 2.38. The van der Waals surface area contributed by atoms with E-state index in [1.165, 1.54) is 5.56 Å². The van der Waals surface area contributed by atoms with Crippen LogP contribution < -0.4 is 5.32 Å². The Morgan fingerprint density at radius 2 is 1.95 bits per heavy atom. The van der Waals surface area contributed by atoms with Gasteiger partial charge in [0, 0.05) is 6.54 Å². The summed E-state index contributed by atoms with van der Waals surface area (Å²) in [5.74, 6) is -0.236. The highest BCUT2D eigenvalue weighted by atomic mass is 16.5. The van der Waals surface area contributed by atoms with Crippen molar-refractivity contribution in [3.63, 3.8) is 0 Å². The van der Waals surface area contributed by atoms with E-state index in [0.29, 0.717) is 6.54 Å². The van der Waals surface area contributed by atoms with Gasteiger partial charge in [0.2, 0.25) is 5.91 Å². The Bertz CT molecular complexity index is 531. The predicted octanol–water partition coefficient (Wildman–Crippen LogP) is 1.77. The number of amides is 1. The standard InChI is InChI=1S/C15H18N2O2/c1-10-4-11(2)13(12(3)5-10)6-17-14(18)15(7-16)8-19-9-15/h4-5H,6,8-9H2,1-3H3,(H,17,18). The zero-order valence-corrected chi connectivity index (χ0v) is 11.5. The van der Waals surface area contributed by atoms with Gasteiger partial charge >= 0.3 is 0 Å². The summed E-state index contributed by atoms with van der Waals surface area (Å²) in [6, 6.07) is 6.25. The summed E-state index contributed by atoms with van der Waals surface area (Å²) in [4.78, 5) is 12.0. The molecule has 19 heavy (non-hydrogen) atoms. The van der Waals surface area contributed by atoms with Gasteiger partial charge < -0.3 is 10.1 Å². The van der Waals surface area contributed by atoms with Gasteiger partial charge in [0.25, 0.3) is 0 Å². The molecule has 1 aromatic carbocycles. The molecule has 100 valence electrons. The predicted molar refractivity (Wildman–Crippen MR) is 71.4 cm³/mol. The Kier molecular flexibility index (Phi) is 3.59. The molecule has 1 N–H and O–H groups in total. The number of rotatable bonds is 3. The number of ether oxygens (including phenoxy) is 1. The molecule has 1 aliphatic rings. The van der Waals surface area contributed by atoms with Crippen molar-refractivity contribution >= 4 is 5.91 Å². The van der Waals surface area contributed by atoms with Crippen molar-refractivity contribution in [1.29, 1.82) is 5.26 Å². The molecule has 1 aliphatic heterocycles. The molecule has 0 saturated carbocycles. The molecule has 0 aliphatic carbocycles. The highest BCUT2D eigenvalue weighted by Crippen LogP contribution is 2.27. The molecule has 1 aromatic rings. The molecular formula is C15H18N2O2. The lowest BCUT2D eigenvalue weighted by Gasteiger charge is -2.33. The molecule has 0 radical (unpaired) electrons. The number of nitrogens with zero attached hydrogens (tertiary/aromatic N) is 1. The maximum Gasteiger partial charge on any atom is 0.245 e. The summed E-state index contributed by atoms with van der Waals surface area (Å²) in [5.41, 5.74) is 3.67. The van der Waals surface area contributed by atoms with Crippen LogP contribution in [0.3, 0.4) is 0 Å². The minimum Gasteiger partial charge on any atom is -0.377 e. The average molecular weight is 258 g/mol. The number of aryl methyl sites for hydroxylation is 3. The van der Waals surface area contributed by atoms with Gasteiger partial charge in [-0.1, -0.05) is 17.7 Å². The third-order valence-corrected chi connectivity index (χ3v) is 3.61. The Morgan fingerprint density at radius 3 is 2.37 bits per heavy atom. The van der Waals surface area contributed by atoms with Crippen LogP contribution in [0.1, 0.15) is 22.3 Å². The van der Waals surface area contributed by atoms with E-state index in [1.54, 1.807) is 0 Å². The Labute approximate surface area is 113 Å². The van der Waals surface area contributed by atoms with Crippen LogP contribution in [0.5, 0.6) is 0 Å². The van der Waals surface area contributed by atoms with Gasteiger partial charge in [-0.3, -0.25) is 4.79 Å². The van der Waals surface area contributed by atoms with Crippen molar-refractivity contribution < 1.29 is 9.53 Å². The van der Waals surface area contributed by atoms with E-state index >= 15 is 0 Å². The lowest BCUT2D eigenvalue weighted by molar-refractivity contribution is -0.150. The Balaban J connectivity index is 2.08. The van der Waals surface area contributed by atoms with Crippen LogP contribution in [0.15, 0.2) is 12.1 Å². The molecule has 0 bridgehead atoms. The Hall–Kier alpha value is -1.86. The molecular weight excluding hydrogens is 240 g/mol. The highest BCUT2D eigenvalue weighted by molar-refractivity contribution is 5.86. The molecule has 0 atom stereocenters. The average Bonchev–Trinajstić information content (AvgIpc) is 2.26. The summed E-state index contributed by atoms with van der Waals surface area (Å²) in [6.45, 7) is 6.98. The number of benzene rings is 1. The maximum absolute atomic E-state index is 12.0.